The first-order valence-electron chi connectivity index (χ1n) is 6.87. The highest BCUT2D eigenvalue weighted by molar-refractivity contribution is 6.18. The van der Waals surface area contributed by atoms with Gasteiger partial charge >= 0.3 is 0 Å². The summed E-state index contributed by atoms with van der Waals surface area (Å²) in [6.45, 7) is 5.94. The van der Waals surface area contributed by atoms with Gasteiger partial charge in [0, 0.05) is 11.1 Å². The van der Waals surface area contributed by atoms with E-state index < -0.39 is 0 Å². The van der Waals surface area contributed by atoms with Gasteiger partial charge in [0.2, 0.25) is 0 Å². The van der Waals surface area contributed by atoms with Crippen LogP contribution in [-0.2, 0) is 9.59 Å². The van der Waals surface area contributed by atoms with Gasteiger partial charge < -0.3 is 0 Å². The molecule has 3 rings (SSSR count). The number of Topliss-reactive ketones (excluding diaryl/α,β-unsaturated/α-hetero) is 2. The lowest BCUT2D eigenvalue weighted by atomic mass is 9.64. The van der Waals surface area contributed by atoms with Gasteiger partial charge in [0.15, 0.2) is 11.6 Å². The van der Waals surface area contributed by atoms with Gasteiger partial charge in [-0.25, -0.2) is 0 Å². The Labute approximate surface area is 113 Å². The van der Waals surface area contributed by atoms with Crippen molar-refractivity contribution in [2.45, 2.75) is 27.2 Å². The van der Waals surface area contributed by atoms with Crippen molar-refractivity contribution < 1.29 is 9.59 Å². The largest absolute Gasteiger partial charge is 0.294 e. The number of fused-ring (bicyclic) bond motifs is 1. The fraction of sp³-hybridized carbons (Fsp3) is 0.412. The van der Waals surface area contributed by atoms with E-state index in [4.69, 9.17) is 0 Å². The van der Waals surface area contributed by atoms with Crippen LogP contribution in [0.3, 0.4) is 0 Å². The molecule has 0 fully saturated rings. The zero-order valence-corrected chi connectivity index (χ0v) is 11.6. The minimum Gasteiger partial charge on any atom is -0.294 e. The Bertz CT molecular complexity index is 599. The number of allylic oxidation sites excluding steroid dienone is 8. The van der Waals surface area contributed by atoms with Crippen LogP contribution in [0.4, 0.5) is 0 Å². The minimum absolute atomic E-state index is 0.128. The molecule has 0 spiro atoms. The molecule has 3 atom stereocenters. The number of rotatable bonds is 0. The number of carbonyl (C=O) groups is 2. The summed E-state index contributed by atoms with van der Waals surface area (Å²) in [6.07, 6.45) is 8.69. The van der Waals surface area contributed by atoms with Crippen LogP contribution >= 0.6 is 0 Å². The van der Waals surface area contributed by atoms with E-state index in [1.165, 1.54) is 0 Å². The van der Waals surface area contributed by atoms with Crippen LogP contribution < -0.4 is 0 Å². The molecule has 19 heavy (non-hydrogen) atoms. The predicted octanol–water partition coefficient (Wildman–Crippen LogP) is 3.17. The summed E-state index contributed by atoms with van der Waals surface area (Å²) < 4.78 is 0. The fourth-order valence-corrected chi connectivity index (χ4v) is 3.49. The summed E-state index contributed by atoms with van der Waals surface area (Å²) in [6, 6.07) is 0. The molecule has 0 bridgehead atoms. The van der Waals surface area contributed by atoms with Crippen LogP contribution in [0.1, 0.15) is 27.2 Å². The maximum atomic E-state index is 12.8. The molecule has 0 amide bonds. The number of hydrogen-bond acceptors (Lipinski definition) is 2. The molecule has 0 saturated carbocycles. The molecule has 0 saturated heterocycles. The molecule has 0 N–H and O–H groups in total. The lowest BCUT2D eigenvalue weighted by molar-refractivity contribution is -0.128. The lowest BCUT2D eigenvalue weighted by Crippen LogP contribution is -2.41. The third kappa shape index (κ3) is 1.62. The average molecular weight is 254 g/mol. The SMILES string of the molecule is CC1=CCC(C)C2=C1C(=O)C1C=CC=C(C)C1C2=O. The van der Waals surface area contributed by atoms with Gasteiger partial charge in [-0.3, -0.25) is 9.59 Å². The van der Waals surface area contributed by atoms with E-state index in [0.717, 1.165) is 23.1 Å². The molecule has 0 aromatic heterocycles. The molecule has 0 heterocycles. The van der Waals surface area contributed by atoms with Gasteiger partial charge in [-0.15, -0.1) is 0 Å². The first kappa shape index (κ1) is 12.3. The molecule has 0 aromatic rings. The van der Waals surface area contributed by atoms with Crippen LogP contribution in [0.25, 0.3) is 0 Å². The predicted molar refractivity (Wildman–Crippen MR) is 74.5 cm³/mol. The van der Waals surface area contributed by atoms with E-state index in [1.54, 1.807) is 0 Å². The molecule has 0 radical (unpaired) electrons. The second kappa shape index (κ2) is 4.16. The Kier molecular flexibility index (Phi) is 2.70. The molecule has 98 valence electrons. The summed E-state index contributed by atoms with van der Waals surface area (Å²) in [5.41, 5.74) is 3.46. The normalized spacial score (nSPS) is 33.7. The molecule has 0 aliphatic heterocycles. The van der Waals surface area contributed by atoms with Gasteiger partial charge in [-0.2, -0.15) is 0 Å². The Balaban J connectivity index is 2.20. The Morgan fingerprint density at radius 2 is 1.89 bits per heavy atom. The van der Waals surface area contributed by atoms with E-state index in [-0.39, 0.29) is 29.3 Å². The van der Waals surface area contributed by atoms with Gasteiger partial charge in [0.25, 0.3) is 0 Å². The molecule has 3 aliphatic carbocycles. The summed E-state index contributed by atoms with van der Waals surface area (Å²) in [7, 11) is 0. The molecular weight excluding hydrogens is 236 g/mol. The summed E-state index contributed by atoms with van der Waals surface area (Å²) >= 11 is 0. The molecule has 3 unspecified atom stereocenters. The Morgan fingerprint density at radius 3 is 2.63 bits per heavy atom. The van der Waals surface area contributed by atoms with Crippen LogP contribution in [0, 0.1) is 17.8 Å². The van der Waals surface area contributed by atoms with Crippen molar-refractivity contribution in [3.8, 4) is 0 Å². The van der Waals surface area contributed by atoms with Crippen molar-refractivity contribution in [1.82, 2.24) is 0 Å². The average Bonchev–Trinajstić information content (AvgIpc) is 2.38. The van der Waals surface area contributed by atoms with E-state index in [0.29, 0.717) is 5.57 Å². The van der Waals surface area contributed by atoms with E-state index in [9.17, 15) is 9.59 Å². The first-order valence-corrected chi connectivity index (χ1v) is 6.87. The summed E-state index contributed by atoms with van der Waals surface area (Å²) in [4.78, 5) is 25.5. The third-order valence-electron chi connectivity index (χ3n) is 4.56. The van der Waals surface area contributed by atoms with E-state index in [1.807, 2.05) is 39.0 Å². The van der Waals surface area contributed by atoms with Crippen molar-refractivity contribution in [2.24, 2.45) is 17.8 Å². The van der Waals surface area contributed by atoms with Crippen molar-refractivity contribution in [2.75, 3.05) is 0 Å². The number of hydrogen-bond donors (Lipinski definition) is 0. The molecule has 0 aromatic carbocycles. The Hall–Kier alpha value is -1.70. The highest BCUT2D eigenvalue weighted by Crippen LogP contribution is 2.43. The number of carbonyl (C=O) groups excluding carboxylic acids is 2. The van der Waals surface area contributed by atoms with Gasteiger partial charge in [0.05, 0.1) is 11.8 Å². The minimum atomic E-state index is -0.287. The second-order valence-corrected chi connectivity index (χ2v) is 5.84. The first-order chi connectivity index (χ1) is 9.02. The highest BCUT2D eigenvalue weighted by atomic mass is 16.1. The molecule has 2 heteroatoms. The van der Waals surface area contributed by atoms with E-state index >= 15 is 0 Å². The zero-order valence-electron chi connectivity index (χ0n) is 11.6. The topological polar surface area (TPSA) is 34.1 Å². The highest BCUT2D eigenvalue weighted by Gasteiger charge is 2.45. The lowest BCUT2D eigenvalue weighted by Gasteiger charge is -2.36. The third-order valence-corrected chi connectivity index (χ3v) is 4.56. The summed E-state index contributed by atoms with van der Waals surface area (Å²) in [5.74, 6) is -0.0921. The van der Waals surface area contributed by atoms with Gasteiger partial charge in [-0.05, 0) is 31.8 Å². The molecular formula is C17H18O2. The maximum Gasteiger partial charge on any atom is 0.171 e. The zero-order chi connectivity index (χ0) is 13.7. The second-order valence-electron chi connectivity index (χ2n) is 5.84. The smallest absolute Gasteiger partial charge is 0.171 e. The van der Waals surface area contributed by atoms with Crippen LogP contribution in [0.2, 0.25) is 0 Å². The van der Waals surface area contributed by atoms with Crippen LogP contribution in [0.5, 0.6) is 0 Å². The molecule has 3 aliphatic rings. The van der Waals surface area contributed by atoms with E-state index in [2.05, 4.69) is 6.08 Å². The standard InChI is InChI=1S/C17H18O2/c1-9-5-4-6-12-13(9)17(19)15-11(3)8-7-10(2)14(15)16(12)18/h4-7,11-13H,8H2,1-3H3. The monoisotopic (exact) mass is 254 g/mol. The van der Waals surface area contributed by atoms with Gasteiger partial charge in [-0.1, -0.05) is 36.8 Å². The van der Waals surface area contributed by atoms with Crippen LogP contribution in [0.15, 0.2) is 46.6 Å². The summed E-state index contributed by atoms with van der Waals surface area (Å²) in [5, 5.41) is 0. The quantitative estimate of drug-likeness (QED) is 0.665. The Morgan fingerprint density at radius 1 is 1.16 bits per heavy atom. The van der Waals surface area contributed by atoms with Gasteiger partial charge in [0.1, 0.15) is 0 Å². The van der Waals surface area contributed by atoms with Crippen molar-refractivity contribution in [1.29, 1.82) is 0 Å². The maximum absolute atomic E-state index is 12.8. The number of ketones is 2. The van der Waals surface area contributed by atoms with Crippen molar-refractivity contribution in [3.63, 3.8) is 0 Å². The van der Waals surface area contributed by atoms with Crippen LogP contribution in [-0.4, -0.2) is 11.6 Å². The fourth-order valence-electron chi connectivity index (χ4n) is 3.49. The van der Waals surface area contributed by atoms with Crippen molar-refractivity contribution >= 4 is 11.6 Å². The molecule has 2 nitrogen and oxygen atoms in total. The van der Waals surface area contributed by atoms with Crippen molar-refractivity contribution in [3.05, 3.63) is 46.6 Å².